The Hall–Kier alpha value is -0.410. The van der Waals surface area contributed by atoms with Crippen molar-refractivity contribution in [3.8, 4) is 0 Å². The van der Waals surface area contributed by atoms with Crippen LogP contribution in [0.4, 0.5) is 0 Å². The smallest absolute Gasteiger partial charge is 0.135 e. The molecule has 1 N–H and O–H groups in total. The Morgan fingerprint density at radius 1 is 1.18 bits per heavy atom. The molecule has 2 rings (SSSR count). The molecule has 0 radical (unpaired) electrons. The third-order valence-electron chi connectivity index (χ3n) is 6.09. The van der Waals surface area contributed by atoms with Crippen LogP contribution in [0, 0.1) is 11.3 Å². The number of Topliss-reactive ketones (excluding diaryl/α,β-unsaturated/α-hetero) is 1. The van der Waals surface area contributed by atoms with E-state index in [4.69, 9.17) is 4.74 Å². The second-order valence-corrected chi connectivity index (χ2v) is 7.83. The van der Waals surface area contributed by atoms with Crippen LogP contribution >= 0.6 is 0 Å². The summed E-state index contributed by atoms with van der Waals surface area (Å²) in [7, 11) is 0. The molecule has 2 aliphatic carbocycles. The molecule has 2 fully saturated rings. The Morgan fingerprint density at radius 3 is 2.36 bits per heavy atom. The average molecular weight is 310 g/mol. The summed E-state index contributed by atoms with van der Waals surface area (Å²) >= 11 is 0. The van der Waals surface area contributed by atoms with E-state index in [1.807, 2.05) is 0 Å². The van der Waals surface area contributed by atoms with Crippen LogP contribution in [0.3, 0.4) is 0 Å². The first kappa shape index (κ1) is 17.9. The van der Waals surface area contributed by atoms with Gasteiger partial charge in [-0.15, -0.1) is 0 Å². The molecule has 0 spiro atoms. The Labute approximate surface area is 135 Å². The van der Waals surface area contributed by atoms with Crippen molar-refractivity contribution in [2.75, 3.05) is 13.2 Å². The number of hydrogen-bond acceptors (Lipinski definition) is 3. The van der Waals surface area contributed by atoms with E-state index in [2.05, 4.69) is 6.92 Å². The summed E-state index contributed by atoms with van der Waals surface area (Å²) in [5.41, 5.74) is -0.872. The van der Waals surface area contributed by atoms with E-state index in [1.165, 1.54) is 32.1 Å². The lowest BCUT2D eigenvalue weighted by atomic mass is 9.64. The van der Waals surface area contributed by atoms with E-state index in [0.717, 1.165) is 38.2 Å². The molecule has 2 saturated carbocycles. The highest BCUT2D eigenvalue weighted by Gasteiger charge is 2.44. The maximum atomic E-state index is 12.2. The molecular formula is C19H34O3. The van der Waals surface area contributed by atoms with Gasteiger partial charge in [-0.2, -0.15) is 0 Å². The van der Waals surface area contributed by atoms with Gasteiger partial charge in [0, 0.05) is 12.0 Å². The maximum Gasteiger partial charge on any atom is 0.135 e. The van der Waals surface area contributed by atoms with Gasteiger partial charge in [-0.3, -0.25) is 4.79 Å². The van der Waals surface area contributed by atoms with Gasteiger partial charge < -0.3 is 9.84 Å². The first-order valence-electron chi connectivity index (χ1n) is 9.31. The molecule has 3 nitrogen and oxygen atoms in total. The van der Waals surface area contributed by atoms with Crippen molar-refractivity contribution < 1.29 is 14.6 Å². The number of hydrogen-bond donors (Lipinski definition) is 1. The number of ketones is 1. The van der Waals surface area contributed by atoms with Gasteiger partial charge in [0.1, 0.15) is 5.78 Å². The Morgan fingerprint density at radius 2 is 1.86 bits per heavy atom. The van der Waals surface area contributed by atoms with Crippen LogP contribution in [0.15, 0.2) is 0 Å². The molecule has 0 aromatic rings. The first-order chi connectivity index (χ1) is 10.5. The maximum absolute atomic E-state index is 12.2. The molecule has 0 saturated heterocycles. The monoisotopic (exact) mass is 310 g/mol. The summed E-state index contributed by atoms with van der Waals surface area (Å²) in [6.45, 7) is 5.19. The fourth-order valence-electron chi connectivity index (χ4n) is 3.90. The number of carbonyl (C=O) groups excluding carboxylic acids is 1. The van der Waals surface area contributed by atoms with Gasteiger partial charge in [0.25, 0.3) is 0 Å². The van der Waals surface area contributed by atoms with Crippen LogP contribution in [-0.4, -0.2) is 29.7 Å². The normalized spacial score (nSPS) is 32.7. The third kappa shape index (κ3) is 4.55. The molecule has 0 bridgehead atoms. The summed E-state index contributed by atoms with van der Waals surface area (Å²) in [6, 6.07) is 0. The van der Waals surface area contributed by atoms with Crippen LogP contribution in [0.25, 0.3) is 0 Å². The van der Waals surface area contributed by atoms with E-state index in [1.54, 1.807) is 6.92 Å². The minimum atomic E-state index is -0.701. The van der Waals surface area contributed by atoms with Crippen molar-refractivity contribution in [3.63, 3.8) is 0 Å². The lowest BCUT2D eigenvalue weighted by molar-refractivity contribution is -0.137. The molecular weight excluding hydrogens is 276 g/mol. The van der Waals surface area contributed by atoms with E-state index < -0.39 is 5.60 Å². The molecule has 22 heavy (non-hydrogen) atoms. The Balaban J connectivity index is 1.78. The third-order valence-corrected chi connectivity index (χ3v) is 6.09. The minimum absolute atomic E-state index is 0.171. The molecule has 128 valence electrons. The highest BCUT2D eigenvalue weighted by molar-refractivity contribution is 5.82. The zero-order valence-corrected chi connectivity index (χ0v) is 14.5. The molecule has 2 aliphatic rings. The zero-order valence-electron chi connectivity index (χ0n) is 14.5. The van der Waals surface area contributed by atoms with E-state index in [0.29, 0.717) is 25.2 Å². The SMILES string of the molecule is CCCCCC1(C(C)=O)CCC(O)(COCC2CCC2)CC1. The molecule has 0 aromatic heterocycles. The highest BCUT2D eigenvalue weighted by atomic mass is 16.5. The Bertz CT molecular complexity index is 352. The van der Waals surface area contributed by atoms with Crippen molar-refractivity contribution in [3.05, 3.63) is 0 Å². The number of ether oxygens (including phenoxy) is 1. The number of rotatable bonds is 9. The highest BCUT2D eigenvalue weighted by Crippen LogP contribution is 2.45. The van der Waals surface area contributed by atoms with E-state index in [9.17, 15) is 9.90 Å². The van der Waals surface area contributed by atoms with Crippen LogP contribution in [0.1, 0.15) is 84.5 Å². The van der Waals surface area contributed by atoms with Crippen molar-refractivity contribution in [1.29, 1.82) is 0 Å². The number of aliphatic hydroxyl groups is 1. The van der Waals surface area contributed by atoms with Gasteiger partial charge in [0.05, 0.1) is 12.2 Å². The van der Waals surface area contributed by atoms with Crippen LogP contribution in [-0.2, 0) is 9.53 Å². The van der Waals surface area contributed by atoms with Crippen molar-refractivity contribution in [1.82, 2.24) is 0 Å². The lowest BCUT2D eigenvalue weighted by Gasteiger charge is -2.43. The second kappa shape index (κ2) is 7.92. The predicted molar refractivity (Wildman–Crippen MR) is 88.8 cm³/mol. The predicted octanol–water partition coefficient (Wildman–Crippen LogP) is 4.26. The van der Waals surface area contributed by atoms with Crippen LogP contribution in [0.2, 0.25) is 0 Å². The Kier molecular flexibility index (Phi) is 6.46. The number of carbonyl (C=O) groups is 1. The summed E-state index contributed by atoms with van der Waals surface area (Å²) in [5, 5.41) is 10.7. The molecule has 0 unspecified atom stereocenters. The van der Waals surface area contributed by atoms with Gasteiger partial charge in [-0.1, -0.05) is 32.6 Å². The molecule has 0 heterocycles. The van der Waals surface area contributed by atoms with Crippen molar-refractivity contribution in [2.24, 2.45) is 11.3 Å². The summed E-state index contributed by atoms with van der Waals surface area (Å²) in [5.74, 6) is 1.04. The zero-order chi connectivity index (χ0) is 16.1. The topological polar surface area (TPSA) is 46.5 Å². The average Bonchev–Trinajstić information content (AvgIpc) is 2.44. The minimum Gasteiger partial charge on any atom is -0.387 e. The van der Waals surface area contributed by atoms with Gasteiger partial charge in [0.2, 0.25) is 0 Å². The standard InChI is InChI=1S/C19H34O3/c1-3-4-5-9-18(16(2)20)10-12-19(21,13-11-18)15-22-14-17-7-6-8-17/h17,21H,3-15H2,1-2H3. The second-order valence-electron chi connectivity index (χ2n) is 7.83. The molecule has 0 aliphatic heterocycles. The van der Waals surface area contributed by atoms with Gasteiger partial charge in [0.15, 0.2) is 0 Å². The lowest BCUT2D eigenvalue weighted by Crippen LogP contribution is -2.45. The van der Waals surface area contributed by atoms with Gasteiger partial charge in [-0.05, 0) is 57.8 Å². The largest absolute Gasteiger partial charge is 0.387 e. The van der Waals surface area contributed by atoms with Crippen molar-refractivity contribution >= 4 is 5.78 Å². The number of unbranched alkanes of at least 4 members (excludes halogenated alkanes) is 2. The molecule has 0 aromatic carbocycles. The quantitative estimate of drug-likeness (QED) is 0.647. The molecule has 3 heteroatoms. The first-order valence-corrected chi connectivity index (χ1v) is 9.31. The van der Waals surface area contributed by atoms with E-state index >= 15 is 0 Å². The van der Waals surface area contributed by atoms with Crippen LogP contribution < -0.4 is 0 Å². The fraction of sp³-hybridized carbons (Fsp3) is 0.947. The summed E-state index contributed by atoms with van der Waals surface area (Å²) in [6.07, 6.45) is 11.5. The van der Waals surface area contributed by atoms with Gasteiger partial charge >= 0.3 is 0 Å². The van der Waals surface area contributed by atoms with E-state index in [-0.39, 0.29) is 5.41 Å². The fourth-order valence-corrected chi connectivity index (χ4v) is 3.90. The summed E-state index contributed by atoms with van der Waals surface area (Å²) in [4.78, 5) is 12.2. The van der Waals surface area contributed by atoms with Crippen LogP contribution in [0.5, 0.6) is 0 Å². The molecule has 0 amide bonds. The summed E-state index contributed by atoms with van der Waals surface area (Å²) < 4.78 is 5.77. The molecule has 0 atom stereocenters. The van der Waals surface area contributed by atoms with Crippen molar-refractivity contribution in [2.45, 2.75) is 90.1 Å². The van der Waals surface area contributed by atoms with Gasteiger partial charge in [-0.25, -0.2) is 0 Å².